The van der Waals surface area contributed by atoms with Crippen molar-refractivity contribution in [2.45, 2.75) is 19.9 Å². The predicted molar refractivity (Wildman–Crippen MR) is 84.7 cm³/mol. The standard InChI is InChI=1S/C15H12ClFN6/c1-8(2)21-14-13(12-9(16)4-3-5-10(12)17)11(6-18)22-15-19-7-20-23(14)15/h3-5,7-8,21H,1-2H3. The van der Waals surface area contributed by atoms with Crippen molar-refractivity contribution in [1.82, 2.24) is 19.6 Å². The van der Waals surface area contributed by atoms with Gasteiger partial charge in [-0.25, -0.2) is 4.39 Å². The van der Waals surface area contributed by atoms with Gasteiger partial charge in [0, 0.05) is 11.6 Å². The number of benzene rings is 1. The highest BCUT2D eigenvalue weighted by Gasteiger charge is 2.23. The molecule has 2 heterocycles. The summed E-state index contributed by atoms with van der Waals surface area (Å²) in [5.74, 6) is 0.133. The summed E-state index contributed by atoms with van der Waals surface area (Å²) < 4.78 is 15.8. The fourth-order valence-electron chi connectivity index (χ4n) is 2.30. The zero-order valence-corrected chi connectivity index (χ0v) is 13.1. The van der Waals surface area contributed by atoms with Crippen LogP contribution in [0.5, 0.6) is 0 Å². The SMILES string of the molecule is CC(C)Nc1c(-c2c(F)cccc2Cl)c(C#N)nc2ncnn12. The number of halogens is 2. The summed E-state index contributed by atoms with van der Waals surface area (Å²) in [7, 11) is 0. The zero-order valence-electron chi connectivity index (χ0n) is 12.4. The van der Waals surface area contributed by atoms with Crippen molar-refractivity contribution in [3.63, 3.8) is 0 Å². The van der Waals surface area contributed by atoms with Crippen LogP contribution in [0.4, 0.5) is 10.2 Å². The van der Waals surface area contributed by atoms with E-state index in [9.17, 15) is 9.65 Å². The van der Waals surface area contributed by atoms with Gasteiger partial charge in [0.05, 0.1) is 10.6 Å². The van der Waals surface area contributed by atoms with Gasteiger partial charge in [-0.3, -0.25) is 0 Å². The second-order valence-electron chi connectivity index (χ2n) is 5.16. The zero-order chi connectivity index (χ0) is 16.6. The summed E-state index contributed by atoms with van der Waals surface area (Å²) >= 11 is 6.18. The van der Waals surface area contributed by atoms with E-state index in [4.69, 9.17) is 11.6 Å². The minimum Gasteiger partial charge on any atom is -0.367 e. The molecule has 0 fully saturated rings. The Morgan fingerprint density at radius 2 is 2.13 bits per heavy atom. The van der Waals surface area contributed by atoms with Crippen molar-refractivity contribution in [3.8, 4) is 17.2 Å². The Morgan fingerprint density at radius 3 is 2.78 bits per heavy atom. The average molecular weight is 331 g/mol. The van der Waals surface area contributed by atoms with E-state index in [-0.39, 0.29) is 33.7 Å². The maximum Gasteiger partial charge on any atom is 0.255 e. The second-order valence-corrected chi connectivity index (χ2v) is 5.57. The highest BCUT2D eigenvalue weighted by molar-refractivity contribution is 6.33. The molecule has 3 aromatic rings. The molecule has 0 radical (unpaired) electrons. The molecule has 0 atom stereocenters. The third-order valence-corrected chi connectivity index (χ3v) is 3.49. The number of anilines is 1. The molecule has 0 aliphatic rings. The third kappa shape index (κ3) is 2.58. The molecular formula is C15H12ClFN6. The van der Waals surface area contributed by atoms with Crippen molar-refractivity contribution in [1.29, 1.82) is 5.26 Å². The molecule has 23 heavy (non-hydrogen) atoms. The first kappa shape index (κ1) is 15.2. The molecule has 0 unspecified atom stereocenters. The molecule has 3 rings (SSSR count). The van der Waals surface area contributed by atoms with Crippen molar-refractivity contribution < 1.29 is 4.39 Å². The fourth-order valence-corrected chi connectivity index (χ4v) is 2.56. The summed E-state index contributed by atoms with van der Waals surface area (Å²) in [5, 5.41) is 16.9. The van der Waals surface area contributed by atoms with Gasteiger partial charge >= 0.3 is 0 Å². The maximum atomic E-state index is 14.4. The number of hydrogen-bond donors (Lipinski definition) is 1. The lowest BCUT2D eigenvalue weighted by Crippen LogP contribution is -2.16. The summed E-state index contributed by atoms with van der Waals surface area (Å²) in [5.41, 5.74) is 0.404. The first-order valence-electron chi connectivity index (χ1n) is 6.87. The smallest absolute Gasteiger partial charge is 0.255 e. The number of nitrogens with zero attached hydrogens (tertiary/aromatic N) is 5. The highest BCUT2D eigenvalue weighted by atomic mass is 35.5. The van der Waals surface area contributed by atoms with Crippen molar-refractivity contribution in [2.24, 2.45) is 0 Å². The van der Waals surface area contributed by atoms with Gasteiger partial charge in [0.25, 0.3) is 5.78 Å². The molecule has 1 aromatic carbocycles. The van der Waals surface area contributed by atoms with Crippen LogP contribution in [0.25, 0.3) is 16.9 Å². The molecule has 2 aromatic heterocycles. The number of rotatable bonds is 3. The summed E-state index contributed by atoms with van der Waals surface area (Å²) in [6.07, 6.45) is 1.32. The number of fused-ring (bicyclic) bond motifs is 1. The Kier molecular flexibility index (Phi) is 3.84. The van der Waals surface area contributed by atoms with E-state index in [2.05, 4.69) is 20.4 Å². The molecule has 1 N–H and O–H groups in total. The first-order valence-corrected chi connectivity index (χ1v) is 7.25. The van der Waals surface area contributed by atoms with E-state index in [1.165, 1.54) is 23.0 Å². The summed E-state index contributed by atoms with van der Waals surface area (Å²) in [4.78, 5) is 8.14. The van der Waals surface area contributed by atoms with Gasteiger partial charge in [-0.05, 0) is 26.0 Å². The number of nitriles is 1. The fraction of sp³-hybridized carbons (Fsp3) is 0.200. The summed E-state index contributed by atoms with van der Waals surface area (Å²) in [6.45, 7) is 3.84. The maximum absolute atomic E-state index is 14.4. The lowest BCUT2D eigenvalue weighted by molar-refractivity contribution is 0.631. The number of aromatic nitrogens is 4. The van der Waals surface area contributed by atoms with Gasteiger partial charge in [0.15, 0.2) is 5.69 Å². The number of hydrogen-bond acceptors (Lipinski definition) is 5. The molecule has 0 spiro atoms. The van der Waals surface area contributed by atoms with Gasteiger partial charge < -0.3 is 5.32 Å². The predicted octanol–water partition coefficient (Wildman–Crippen LogP) is 3.28. The summed E-state index contributed by atoms with van der Waals surface area (Å²) in [6, 6.07) is 6.35. The molecule has 0 bridgehead atoms. The van der Waals surface area contributed by atoms with Gasteiger partial charge in [-0.2, -0.15) is 24.8 Å². The topological polar surface area (TPSA) is 78.9 Å². The minimum absolute atomic E-state index is 0.0145. The van der Waals surface area contributed by atoms with E-state index in [0.29, 0.717) is 5.82 Å². The van der Waals surface area contributed by atoms with Crippen LogP contribution in [0.3, 0.4) is 0 Å². The van der Waals surface area contributed by atoms with Crippen LogP contribution < -0.4 is 5.32 Å². The molecule has 6 nitrogen and oxygen atoms in total. The van der Waals surface area contributed by atoms with E-state index in [1.807, 2.05) is 19.9 Å². The molecule has 0 aliphatic carbocycles. The first-order chi connectivity index (χ1) is 11.0. The lowest BCUT2D eigenvalue weighted by Gasteiger charge is -2.17. The molecular weight excluding hydrogens is 319 g/mol. The van der Waals surface area contributed by atoms with Crippen LogP contribution in [-0.2, 0) is 0 Å². The van der Waals surface area contributed by atoms with Crippen LogP contribution in [-0.4, -0.2) is 25.6 Å². The van der Waals surface area contributed by atoms with Crippen molar-refractivity contribution >= 4 is 23.2 Å². The Labute approximate surface area is 136 Å². The molecule has 0 saturated carbocycles. The van der Waals surface area contributed by atoms with Crippen LogP contribution in [0.15, 0.2) is 24.5 Å². The lowest BCUT2D eigenvalue weighted by atomic mass is 10.0. The van der Waals surface area contributed by atoms with Gasteiger partial charge in [0.2, 0.25) is 0 Å². The molecule has 116 valence electrons. The van der Waals surface area contributed by atoms with Crippen LogP contribution >= 0.6 is 11.6 Å². The van der Waals surface area contributed by atoms with Crippen molar-refractivity contribution in [2.75, 3.05) is 5.32 Å². The molecule has 0 aliphatic heterocycles. The normalized spacial score (nSPS) is 11.0. The second kappa shape index (κ2) is 5.82. The molecule has 0 amide bonds. The largest absolute Gasteiger partial charge is 0.367 e. The van der Waals surface area contributed by atoms with Gasteiger partial charge in [0.1, 0.15) is 24.0 Å². The minimum atomic E-state index is -0.540. The molecule has 0 saturated heterocycles. The highest BCUT2D eigenvalue weighted by Crippen LogP contribution is 2.37. The Morgan fingerprint density at radius 1 is 1.35 bits per heavy atom. The number of nitrogens with one attached hydrogen (secondary N) is 1. The van der Waals surface area contributed by atoms with Gasteiger partial charge in [-0.15, -0.1) is 0 Å². The van der Waals surface area contributed by atoms with Crippen LogP contribution in [0, 0.1) is 17.1 Å². The van der Waals surface area contributed by atoms with Crippen LogP contribution in [0.2, 0.25) is 5.02 Å². The Balaban J connectivity index is 2.45. The van der Waals surface area contributed by atoms with E-state index in [1.54, 1.807) is 6.07 Å². The van der Waals surface area contributed by atoms with E-state index in [0.717, 1.165) is 0 Å². The van der Waals surface area contributed by atoms with E-state index < -0.39 is 5.82 Å². The quantitative estimate of drug-likeness (QED) is 0.797. The molecule has 8 heteroatoms. The van der Waals surface area contributed by atoms with E-state index >= 15 is 0 Å². The van der Waals surface area contributed by atoms with Crippen molar-refractivity contribution in [3.05, 3.63) is 41.1 Å². The average Bonchev–Trinajstić information content (AvgIpc) is 2.96. The Bertz CT molecular complexity index is 907. The Hall–Kier alpha value is -2.72. The third-order valence-electron chi connectivity index (χ3n) is 3.17. The van der Waals surface area contributed by atoms with Gasteiger partial charge in [-0.1, -0.05) is 17.7 Å². The monoisotopic (exact) mass is 330 g/mol. The van der Waals surface area contributed by atoms with Crippen LogP contribution in [0.1, 0.15) is 19.5 Å².